The molecule has 3 nitrogen and oxygen atoms in total. The molecule has 0 saturated carbocycles. The number of nitrogens with zero attached hydrogens (tertiary/aromatic N) is 2. The average Bonchev–Trinajstić information content (AvgIpc) is 2.64. The first-order valence-corrected chi connectivity index (χ1v) is 6.53. The van der Waals surface area contributed by atoms with E-state index in [0.29, 0.717) is 6.61 Å². The fourth-order valence-corrected chi connectivity index (χ4v) is 2.49. The van der Waals surface area contributed by atoms with Crippen molar-refractivity contribution < 1.29 is 9.13 Å². The smallest absolute Gasteiger partial charge is 0.131 e. The first-order valence-electron chi connectivity index (χ1n) is 5.45. The summed E-state index contributed by atoms with van der Waals surface area (Å²) in [6, 6.07) is 5.03. The van der Waals surface area contributed by atoms with Crippen molar-refractivity contribution in [1.29, 1.82) is 0 Å². The van der Waals surface area contributed by atoms with Crippen LogP contribution in [0.2, 0.25) is 0 Å². The van der Waals surface area contributed by atoms with Crippen LogP contribution >= 0.6 is 22.6 Å². The quantitative estimate of drug-likeness (QED) is 0.793. The summed E-state index contributed by atoms with van der Waals surface area (Å²) in [5, 5.41) is 5.34. The lowest BCUT2D eigenvalue weighted by molar-refractivity contribution is 0.179. The molecule has 0 unspecified atom stereocenters. The largest absolute Gasteiger partial charge is 0.385 e. The van der Waals surface area contributed by atoms with Crippen LogP contribution < -0.4 is 0 Å². The minimum absolute atomic E-state index is 0.223. The summed E-state index contributed by atoms with van der Waals surface area (Å²) in [5.41, 5.74) is 0.972. The molecule has 1 aromatic carbocycles. The van der Waals surface area contributed by atoms with Crippen molar-refractivity contribution in [2.24, 2.45) is 0 Å². The van der Waals surface area contributed by atoms with E-state index in [1.807, 2.05) is 4.68 Å². The Hall–Kier alpha value is -0.690. The Morgan fingerprint density at radius 3 is 3.00 bits per heavy atom. The van der Waals surface area contributed by atoms with Gasteiger partial charge in [0.25, 0.3) is 0 Å². The molecule has 5 heteroatoms. The molecule has 0 spiro atoms. The minimum atomic E-state index is -0.223. The number of ether oxygens (including phenoxy) is 1. The molecular formula is C12H14FIN2O. The molecule has 0 radical (unpaired) electrons. The first-order chi connectivity index (χ1) is 8.13. The van der Waals surface area contributed by atoms with Gasteiger partial charge < -0.3 is 4.74 Å². The Morgan fingerprint density at radius 1 is 1.53 bits per heavy atom. The van der Waals surface area contributed by atoms with E-state index >= 15 is 0 Å². The Bertz CT molecular complexity index is 526. The fraction of sp³-hybridized carbons (Fsp3) is 0.417. The second-order valence-corrected chi connectivity index (χ2v) is 5.05. The van der Waals surface area contributed by atoms with Crippen LogP contribution in [0.25, 0.3) is 10.9 Å². The van der Waals surface area contributed by atoms with Gasteiger partial charge in [-0.3, -0.25) is 4.68 Å². The van der Waals surface area contributed by atoms with Gasteiger partial charge in [0.05, 0.1) is 11.6 Å². The van der Waals surface area contributed by atoms with Crippen molar-refractivity contribution in [1.82, 2.24) is 9.78 Å². The lowest BCUT2D eigenvalue weighted by Gasteiger charge is -2.12. The second-order valence-electron chi connectivity index (χ2n) is 4.03. The van der Waals surface area contributed by atoms with Crippen LogP contribution in [0, 0.1) is 9.52 Å². The monoisotopic (exact) mass is 348 g/mol. The highest BCUT2D eigenvalue weighted by Gasteiger charge is 2.13. The summed E-state index contributed by atoms with van der Waals surface area (Å²) in [6.45, 7) is 2.78. The minimum Gasteiger partial charge on any atom is -0.385 e. The third-order valence-corrected chi connectivity index (χ3v) is 3.58. The van der Waals surface area contributed by atoms with Gasteiger partial charge in [-0.15, -0.1) is 0 Å². The third-order valence-electron chi connectivity index (χ3n) is 2.78. The predicted octanol–water partition coefficient (Wildman–Crippen LogP) is 3.38. The van der Waals surface area contributed by atoms with Crippen LogP contribution in [0.4, 0.5) is 4.39 Å². The molecule has 0 fully saturated rings. The molecule has 92 valence electrons. The topological polar surface area (TPSA) is 27.1 Å². The van der Waals surface area contributed by atoms with Gasteiger partial charge in [0, 0.05) is 19.1 Å². The molecular weight excluding hydrogens is 334 g/mol. The Morgan fingerprint density at radius 2 is 2.29 bits per heavy atom. The van der Waals surface area contributed by atoms with Crippen molar-refractivity contribution in [2.75, 3.05) is 13.7 Å². The molecule has 2 aromatic rings. The number of fused-ring (bicyclic) bond motifs is 1. The molecule has 0 saturated heterocycles. The van der Waals surface area contributed by atoms with Gasteiger partial charge in [-0.25, -0.2) is 4.39 Å². The Kier molecular flexibility index (Phi) is 3.98. The molecule has 0 N–H and O–H groups in total. The zero-order valence-corrected chi connectivity index (χ0v) is 11.9. The maximum atomic E-state index is 13.2. The molecule has 17 heavy (non-hydrogen) atoms. The lowest BCUT2D eigenvalue weighted by atomic mass is 10.2. The summed E-state index contributed by atoms with van der Waals surface area (Å²) in [4.78, 5) is 0. The van der Waals surface area contributed by atoms with Crippen LogP contribution in [0.3, 0.4) is 0 Å². The number of aromatic nitrogens is 2. The first kappa shape index (κ1) is 12.8. The van der Waals surface area contributed by atoms with E-state index in [0.717, 1.165) is 21.0 Å². The molecule has 0 amide bonds. The summed E-state index contributed by atoms with van der Waals surface area (Å²) >= 11 is 2.14. The number of halogens is 2. The van der Waals surface area contributed by atoms with E-state index < -0.39 is 0 Å². The zero-order chi connectivity index (χ0) is 12.4. The van der Waals surface area contributed by atoms with Gasteiger partial charge in [-0.05, 0) is 54.1 Å². The third kappa shape index (κ3) is 2.60. The van der Waals surface area contributed by atoms with Gasteiger partial charge in [0.2, 0.25) is 0 Å². The van der Waals surface area contributed by atoms with E-state index in [-0.39, 0.29) is 11.9 Å². The molecule has 2 rings (SSSR count). The number of benzene rings is 1. The van der Waals surface area contributed by atoms with Gasteiger partial charge >= 0.3 is 0 Å². The summed E-state index contributed by atoms with van der Waals surface area (Å²) < 4.78 is 21.0. The zero-order valence-electron chi connectivity index (χ0n) is 9.78. The van der Waals surface area contributed by atoms with E-state index in [1.165, 1.54) is 12.1 Å². The second kappa shape index (κ2) is 5.30. The van der Waals surface area contributed by atoms with Crippen LogP contribution in [0.1, 0.15) is 19.4 Å². The predicted molar refractivity (Wildman–Crippen MR) is 73.6 cm³/mol. The van der Waals surface area contributed by atoms with Crippen molar-refractivity contribution in [3.63, 3.8) is 0 Å². The van der Waals surface area contributed by atoms with Crippen LogP contribution in [0.5, 0.6) is 0 Å². The summed E-state index contributed by atoms with van der Waals surface area (Å²) in [6.07, 6.45) is 0.890. The SMILES string of the molecule is COCC[C@H](C)n1nc(I)c2cc(F)ccc21. The highest BCUT2D eigenvalue weighted by atomic mass is 127. The van der Waals surface area contributed by atoms with E-state index in [2.05, 4.69) is 34.6 Å². The highest BCUT2D eigenvalue weighted by Crippen LogP contribution is 2.25. The maximum absolute atomic E-state index is 13.2. The number of methoxy groups -OCH3 is 1. The lowest BCUT2D eigenvalue weighted by Crippen LogP contribution is -2.09. The summed E-state index contributed by atoms with van der Waals surface area (Å²) in [5.74, 6) is -0.223. The van der Waals surface area contributed by atoms with Gasteiger partial charge in [0.1, 0.15) is 9.52 Å². The average molecular weight is 348 g/mol. The molecule has 1 aromatic heterocycles. The molecule has 1 atom stereocenters. The highest BCUT2D eigenvalue weighted by molar-refractivity contribution is 14.1. The number of hydrogen-bond donors (Lipinski definition) is 0. The van der Waals surface area contributed by atoms with Crippen LogP contribution in [-0.2, 0) is 4.74 Å². The van der Waals surface area contributed by atoms with E-state index in [4.69, 9.17) is 4.74 Å². The fourth-order valence-electron chi connectivity index (χ4n) is 1.82. The van der Waals surface area contributed by atoms with E-state index in [1.54, 1.807) is 13.2 Å². The van der Waals surface area contributed by atoms with Gasteiger partial charge in [-0.2, -0.15) is 5.10 Å². The molecule has 0 bridgehead atoms. The van der Waals surface area contributed by atoms with Crippen LogP contribution in [-0.4, -0.2) is 23.5 Å². The van der Waals surface area contributed by atoms with Gasteiger partial charge in [0.15, 0.2) is 0 Å². The number of hydrogen-bond acceptors (Lipinski definition) is 2. The van der Waals surface area contributed by atoms with Crippen molar-refractivity contribution >= 4 is 33.5 Å². The summed E-state index contributed by atoms with van der Waals surface area (Å²) in [7, 11) is 1.69. The molecule has 1 heterocycles. The number of rotatable bonds is 4. The normalized spacial score (nSPS) is 13.2. The van der Waals surface area contributed by atoms with Crippen LogP contribution in [0.15, 0.2) is 18.2 Å². The van der Waals surface area contributed by atoms with Gasteiger partial charge in [-0.1, -0.05) is 0 Å². The molecule has 0 aliphatic rings. The Balaban J connectivity index is 2.41. The van der Waals surface area contributed by atoms with E-state index in [9.17, 15) is 4.39 Å². The Labute approximate surface area is 113 Å². The molecule has 0 aliphatic heterocycles. The van der Waals surface area contributed by atoms with Crippen molar-refractivity contribution in [3.05, 3.63) is 27.7 Å². The standard InChI is InChI=1S/C12H14FIN2O/c1-8(5-6-17-2)16-11-4-3-9(13)7-10(11)12(14)15-16/h3-4,7-8H,5-6H2,1-2H3/t8-/m0/s1. The van der Waals surface area contributed by atoms with Crippen molar-refractivity contribution in [3.8, 4) is 0 Å². The van der Waals surface area contributed by atoms with Crippen molar-refractivity contribution in [2.45, 2.75) is 19.4 Å². The molecule has 0 aliphatic carbocycles. The maximum Gasteiger partial charge on any atom is 0.131 e.